The Balaban J connectivity index is 1.59. The van der Waals surface area contributed by atoms with E-state index in [2.05, 4.69) is 28.2 Å². The molecule has 162 valence electrons. The van der Waals surface area contributed by atoms with E-state index in [1.807, 2.05) is 39.2 Å². The Morgan fingerprint density at radius 3 is 2.67 bits per heavy atom. The summed E-state index contributed by atoms with van der Waals surface area (Å²) in [7, 11) is 0. The van der Waals surface area contributed by atoms with E-state index in [-0.39, 0.29) is 17.6 Å². The van der Waals surface area contributed by atoms with Crippen molar-refractivity contribution in [2.24, 2.45) is 0 Å². The topological polar surface area (TPSA) is 54.5 Å². The molecule has 1 aliphatic heterocycles. The maximum atomic E-state index is 12.7. The van der Waals surface area contributed by atoms with Gasteiger partial charge in [-0.05, 0) is 76.8 Å². The van der Waals surface area contributed by atoms with E-state index in [9.17, 15) is 4.79 Å². The highest BCUT2D eigenvalue weighted by Crippen LogP contribution is 2.27. The van der Waals surface area contributed by atoms with Crippen molar-refractivity contribution in [1.82, 2.24) is 15.2 Å². The second-order valence-electron chi connectivity index (χ2n) is 9.11. The highest BCUT2D eigenvalue weighted by Gasteiger charge is 2.26. The first-order valence-corrected chi connectivity index (χ1v) is 11.0. The number of hydrogen-bond donors (Lipinski definition) is 1. The van der Waals surface area contributed by atoms with Gasteiger partial charge in [-0.15, -0.1) is 0 Å². The minimum Gasteiger partial charge on any atom is -0.489 e. The molecule has 1 aliphatic rings. The predicted octanol–water partition coefficient (Wildman–Crippen LogP) is 4.74. The zero-order valence-corrected chi connectivity index (χ0v) is 19.1. The number of hydrogen-bond acceptors (Lipinski definition) is 4. The van der Waals surface area contributed by atoms with Gasteiger partial charge in [-0.1, -0.05) is 17.7 Å². The fourth-order valence-electron chi connectivity index (χ4n) is 3.79. The zero-order chi connectivity index (χ0) is 21.7. The molecule has 0 spiro atoms. The summed E-state index contributed by atoms with van der Waals surface area (Å²) in [6.45, 7) is 10.1. The summed E-state index contributed by atoms with van der Waals surface area (Å²) >= 11 is 6.15. The Kier molecular flexibility index (Phi) is 7.37. The van der Waals surface area contributed by atoms with Crippen LogP contribution in [0.1, 0.15) is 56.5 Å². The molecule has 1 saturated heterocycles. The zero-order valence-electron chi connectivity index (χ0n) is 18.3. The SMILES string of the molecule is C[C@@H](Cc1cccnc1)N1CCC(Oc2ccc(Cl)cc2C(=O)NC(C)(C)C)CC1. The molecule has 1 aromatic carbocycles. The molecular weight excluding hydrogens is 398 g/mol. The van der Waals surface area contributed by atoms with Gasteiger partial charge in [0.2, 0.25) is 0 Å². The summed E-state index contributed by atoms with van der Waals surface area (Å²) in [4.78, 5) is 19.4. The summed E-state index contributed by atoms with van der Waals surface area (Å²) in [5, 5.41) is 3.52. The van der Waals surface area contributed by atoms with Gasteiger partial charge in [-0.2, -0.15) is 0 Å². The fourth-order valence-corrected chi connectivity index (χ4v) is 3.97. The molecule has 0 aliphatic carbocycles. The maximum Gasteiger partial charge on any atom is 0.255 e. The first-order chi connectivity index (χ1) is 14.2. The number of nitrogens with zero attached hydrogens (tertiary/aromatic N) is 2. The van der Waals surface area contributed by atoms with Gasteiger partial charge < -0.3 is 15.0 Å². The lowest BCUT2D eigenvalue weighted by Gasteiger charge is -2.36. The highest BCUT2D eigenvalue weighted by molar-refractivity contribution is 6.31. The lowest BCUT2D eigenvalue weighted by molar-refractivity contribution is 0.0772. The number of ether oxygens (including phenoxy) is 1. The Morgan fingerprint density at radius 1 is 1.30 bits per heavy atom. The van der Waals surface area contributed by atoms with Gasteiger partial charge in [0.25, 0.3) is 5.91 Å². The van der Waals surface area contributed by atoms with Gasteiger partial charge in [0, 0.05) is 42.1 Å². The van der Waals surface area contributed by atoms with E-state index in [4.69, 9.17) is 16.3 Å². The maximum absolute atomic E-state index is 12.7. The van der Waals surface area contributed by atoms with Gasteiger partial charge >= 0.3 is 0 Å². The molecule has 0 radical (unpaired) electrons. The Bertz CT molecular complexity index is 843. The van der Waals surface area contributed by atoms with Crippen LogP contribution >= 0.6 is 11.6 Å². The van der Waals surface area contributed by atoms with Crippen molar-refractivity contribution in [3.8, 4) is 5.75 Å². The van der Waals surface area contributed by atoms with E-state index < -0.39 is 0 Å². The Labute approximate surface area is 184 Å². The molecule has 2 heterocycles. The third kappa shape index (κ3) is 6.44. The average molecular weight is 430 g/mol. The molecule has 3 rings (SSSR count). The number of amides is 1. The third-order valence-electron chi connectivity index (χ3n) is 5.32. The van der Waals surface area contributed by atoms with Gasteiger partial charge in [0.15, 0.2) is 0 Å². The Hall–Kier alpha value is -2.11. The molecule has 0 bridgehead atoms. The molecule has 5 nitrogen and oxygen atoms in total. The molecule has 30 heavy (non-hydrogen) atoms. The minimum absolute atomic E-state index is 0.0919. The van der Waals surface area contributed by atoms with Crippen LogP contribution in [-0.2, 0) is 6.42 Å². The first kappa shape index (κ1) is 22.6. The van der Waals surface area contributed by atoms with Gasteiger partial charge in [0.1, 0.15) is 11.9 Å². The van der Waals surface area contributed by atoms with Crippen LogP contribution in [0.25, 0.3) is 0 Å². The lowest BCUT2D eigenvalue weighted by Crippen LogP contribution is -2.44. The van der Waals surface area contributed by atoms with Crippen LogP contribution in [0.2, 0.25) is 5.02 Å². The number of likely N-dealkylation sites (tertiary alicyclic amines) is 1. The van der Waals surface area contributed by atoms with Gasteiger partial charge in [-0.3, -0.25) is 9.78 Å². The molecule has 0 saturated carbocycles. The minimum atomic E-state index is -0.327. The second-order valence-corrected chi connectivity index (χ2v) is 9.55. The summed E-state index contributed by atoms with van der Waals surface area (Å²) in [6.07, 6.45) is 6.70. The van der Waals surface area contributed by atoms with E-state index in [0.717, 1.165) is 32.4 Å². The summed E-state index contributed by atoms with van der Waals surface area (Å²) in [6, 6.07) is 9.83. The van der Waals surface area contributed by atoms with Crippen LogP contribution in [0.4, 0.5) is 0 Å². The van der Waals surface area contributed by atoms with Crippen molar-refractivity contribution >= 4 is 17.5 Å². The molecular formula is C24H32ClN3O2. The van der Waals surface area contributed by atoms with Crippen molar-refractivity contribution in [3.05, 3.63) is 58.9 Å². The lowest BCUT2D eigenvalue weighted by atomic mass is 10.0. The Morgan fingerprint density at radius 2 is 2.03 bits per heavy atom. The summed E-state index contributed by atoms with van der Waals surface area (Å²) < 4.78 is 6.27. The van der Waals surface area contributed by atoms with Crippen molar-refractivity contribution in [1.29, 1.82) is 0 Å². The number of nitrogens with one attached hydrogen (secondary N) is 1. The fraction of sp³-hybridized carbons (Fsp3) is 0.500. The van der Waals surface area contributed by atoms with E-state index in [1.165, 1.54) is 5.56 Å². The highest BCUT2D eigenvalue weighted by atomic mass is 35.5. The number of halogens is 1. The van der Waals surface area contributed by atoms with Crippen molar-refractivity contribution in [2.45, 2.75) is 64.6 Å². The standard InChI is InChI=1S/C24H32ClN3O2/c1-17(14-18-6-5-11-26-16-18)28-12-9-20(10-13-28)30-22-8-7-19(25)15-21(22)23(29)27-24(2,3)4/h5-8,11,15-17,20H,9-10,12-14H2,1-4H3,(H,27,29)/t17-/m0/s1. The molecule has 2 aromatic rings. The number of carbonyl (C=O) groups is 1. The smallest absolute Gasteiger partial charge is 0.255 e. The number of aromatic nitrogens is 1. The monoisotopic (exact) mass is 429 g/mol. The van der Waals surface area contributed by atoms with Crippen LogP contribution in [0.5, 0.6) is 5.75 Å². The summed E-state index contributed by atoms with van der Waals surface area (Å²) in [5.74, 6) is 0.436. The van der Waals surface area contributed by atoms with E-state index in [1.54, 1.807) is 18.2 Å². The largest absolute Gasteiger partial charge is 0.489 e. The van der Waals surface area contributed by atoms with Crippen LogP contribution in [-0.4, -0.2) is 46.6 Å². The predicted molar refractivity (Wildman–Crippen MR) is 121 cm³/mol. The number of benzene rings is 1. The van der Waals surface area contributed by atoms with E-state index >= 15 is 0 Å². The molecule has 1 N–H and O–H groups in total. The number of piperidine rings is 1. The summed E-state index contributed by atoms with van der Waals surface area (Å²) in [5.41, 5.74) is 1.43. The van der Waals surface area contributed by atoms with Gasteiger partial charge in [-0.25, -0.2) is 0 Å². The molecule has 0 unspecified atom stereocenters. The number of rotatable bonds is 6. The molecule has 1 fully saturated rings. The molecule has 1 aromatic heterocycles. The van der Waals surface area contributed by atoms with Crippen LogP contribution in [0.15, 0.2) is 42.7 Å². The molecule has 1 amide bonds. The van der Waals surface area contributed by atoms with Gasteiger partial charge in [0.05, 0.1) is 5.56 Å². The van der Waals surface area contributed by atoms with Crippen LogP contribution < -0.4 is 10.1 Å². The van der Waals surface area contributed by atoms with Crippen LogP contribution in [0.3, 0.4) is 0 Å². The van der Waals surface area contributed by atoms with Crippen LogP contribution in [0, 0.1) is 0 Å². The quantitative estimate of drug-likeness (QED) is 0.720. The van der Waals surface area contributed by atoms with E-state index in [0.29, 0.717) is 22.4 Å². The first-order valence-electron chi connectivity index (χ1n) is 10.6. The average Bonchev–Trinajstić information content (AvgIpc) is 2.69. The third-order valence-corrected chi connectivity index (χ3v) is 5.56. The normalized spacial score (nSPS) is 16.8. The number of carbonyl (C=O) groups excluding carboxylic acids is 1. The van der Waals surface area contributed by atoms with Crippen molar-refractivity contribution in [2.75, 3.05) is 13.1 Å². The molecule has 1 atom stereocenters. The second kappa shape index (κ2) is 9.80. The van der Waals surface area contributed by atoms with Crippen molar-refractivity contribution < 1.29 is 9.53 Å². The molecule has 6 heteroatoms. The van der Waals surface area contributed by atoms with Crippen molar-refractivity contribution in [3.63, 3.8) is 0 Å². The number of pyridine rings is 1.